The van der Waals surface area contributed by atoms with Crippen molar-refractivity contribution < 1.29 is 9.53 Å². The van der Waals surface area contributed by atoms with Gasteiger partial charge in [-0.2, -0.15) is 0 Å². The second-order valence-corrected chi connectivity index (χ2v) is 5.60. The minimum absolute atomic E-state index is 0.0700. The Kier molecular flexibility index (Phi) is 6.03. The van der Waals surface area contributed by atoms with Gasteiger partial charge in [0.15, 0.2) is 0 Å². The van der Waals surface area contributed by atoms with Gasteiger partial charge in [-0.05, 0) is 37.6 Å². The predicted octanol–water partition coefficient (Wildman–Crippen LogP) is 3.05. The smallest absolute Gasteiger partial charge is 0.307 e. The van der Waals surface area contributed by atoms with Crippen molar-refractivity contribution in [3.8, 4) is 0 Å². The first kappa shape index (κ1) is 15.7. The summed E-state index contributed by atoms with van der Waals surface area (Å²) in [6.45, 7) is 4.43. The highest BCUT2D eigenvalue weighted by Crippen LogP contribution is 2.23. The van der Waals surface area contributed by atoms with Crippen LogP contribution in [0.15, 0.2) is 24.3 Å². The fraction of sp³-hybridized carbons (Fsp3) is 0.562. The molecule has 0 aliphatic heterocycles. The van der Waals surface area contributed by atoms with Crippen molar-refractivity contribution >= 4 is 5.97 Å². The van der Waals surface area contributed by atoms with E-state index >= 15 is 0 Å². The molecule has 1 atom stereocenters. The Morgan fingerprint density at radius 2 is 1.79 bits per heavy atom. The fourth-order valence-electron chi connectivity index (χ4n) is 2.19. The first-order valence-corrected chi connectivity index (χ1v) is 6.76. The van der Waals surface area contributed by atoms with Gasteiger partial charge >= 0.3 is 5.97 Å². The molecule has 1 unspecified atom stereocenters. The lowest BCUT2D eigenvalue weighted by Gasteiger charge is -2.24. The van der Waals surface area contributed by atoms with Crippen LogP contribution in [0.2, 0.25) is 0 Å². The Hall–Kier alpha value is -1.35. The molecule has 1 aromatic carbocycles. The lowest BCUT2D eigenvalue weighted by atomic mass is 9.98. The van der Waals surface area contributed by atoms with E-state index in [2.05, 4.69) is 38.1 Å². The SMILES string of the molecule is COC(=O)CC(c1ccc(CC(C)C)cc1)N(C)C. The quantitative estimate of drug-likeness (QED) is 0.739. The van der Waals surface area contributed by atoms with Crippen LogP contribution in [-0.2, 0) is 16.0 Å². The van der Waals surface area contributed by atoms with Gasteiger partial charge in [0.2, 0.25) is 0 Å². The van der Waals surface area contributed by atoms with Crippen LogP contribution in [0.1, 0.15) is 37.4 Å². The molecule has 0 aromatic heterocycles. The van der Waals surface area contributed by atoms with E-state index in [-0.39, 0.29) is 12.0 Å². The number of nitrogens with zero attached hydrogens (tertiary/aromatic N) is 1. The highest BCUT2D eigenvalue weighted by Gasteiger charge is 2.18. The molecule has 1 aromatic rings. The number of esters is 1. The third-order valence-electron chi connectivity index (χ3n) is 3.22. The van der Waals surface area contributed by atoms with E-state index in [1.54, 1.807) is 0 Å². The van der Waals surface area contributed by atoms with E-state index in [1.165, 1.54) is 12.7 Å². The zero-order valence-corrected chi connectivity index (χ0v) is 12.6. The summed E-state index contributed by atoms with van der Waals surface area (Å²) in [6.07, 6.45) is 1.47. The Balaban J connectivity index is 2.82. The zero-order valence-electron chi connectivity index (χ0n) is 12.6. The summed E-state index contributed by atoms with van der Waals surface area (Å²) in [5.74, 6) is 0.482. The fourth-order valence-corrected chi connectivity index (χ4v) is 2.19. The van der Waals surface area contributed by atoms with Gasteiger partial charge in [-0.15, -0.1) is 0 Å². The normalized spacial score (nSPS) is 12.8. The maximum Gasteiger partial charge on any atom is 0.307 e. The molecule has 0 bridgehead atoms. The predicted molar refractivity (Wildman–Crippen MR) is 78.0 cm³/mol. The zero-order chi connectivity index (χ0) is 14.4. The Bertz CT molecular complexity index is 396. The topological polar surface area (TPSA) is 29.5 Å². The van der Waals surface area contributed by atoms with E-state index < -0.39 is 0 Å². The van der Waals surface area contributed by atoms with Crippen LogP contribution >= 0.6 is 0 Å². The minimum Gasteiger partial charge on any atom is -0.469 e. The molecule has 3 nitrogen and oxygen atoms in total. The number of rotatable bonds is 6. The average molecular weight is 263 g/mol. The molecule has 0 amide bonds. The standard InChI is InChI=1S/C16H25NO2/c1-12(2)10-13-6-8-14(9-7-13)15(17(3)4)11-16(18)19-5/h6-9,12,15H,10-11H2,1-5H3. The van der Waals surface area contributed by atoms with E-state index in [0.717, 1.165) is 12.0 Å². The van der Waals surface area contributed by atoms with Gasteiger partial charge in [-0.25, -0.2) is 0 Å². The van der Waals surface area contributed by atoms with Gasteiger partial charge in [-0.3, -0.25) is 4.79 Å². The Morgan fingerprint density at radius 1 is 1.21 bits per heavy atom. The van der Waals surface area contributed by atoms with E-state index in [1.807, 2.05) is 19.0 Å². The number of hydrogen-bond acceptors (Lipinski definition) is 3. The molecule has 0 spiro atoms. The Morgan fingerprint density at radius 3 is 2.21 bits per heavy atom. The maximum absolute atomic E-state index is 11.5. The summed E-state index contributed by atoms with van der Waals surface area (Å²) >= 11 is 0. The van der Waals surface area contributed by atoms with E-state index in [9.17, 15) is 4.79 Å². The molecular weight excluding hydrogens is 238 g/mol. The lowest BCUT2D eigenvalue weighted by molar-refractivity contribution is -0.141. The molecule has 0 saturated carbocycles. The molecule has 19 heavy (non-hydrogen) atoms. The second kappa shape index (κ2) is 7.29. The molecule has 0 fully saturated rings. The van der Waals surface area contributed by atoms with Crippen LogP contribution in [0, 0.1) is 5.92 Å². The summed E-state index contributed by atoms with van der Waals surface area (Å²) in [7, 11) is 5.39. The van der Waals surface area contributed by atoms with Crippen molar-refractivity contribution in [2.75, 3.05) is 21.2 Å². The number of ether oxygens (including phenoxy) is 1. The summed E-state index contributed by atoms with van der Waals surface area (Å²) in [5.41, 5.74) is 2.50. The van der Waals surface area contributed by atoms with Gasteiger partial charge in [0.1, 0.15) is 0 Å². The Labute approximate surface area is 116 Å². The van der Waals surface area contributed by atoms with Gasteiger partial charge in [0, 0.05) is 6.04 Å². The molecule has 106 valence electrons. The van der Waals surface area contributed by atoms with Crippen LogP contribution in [0.4, 0.5) is 0 Å². The van der Waals surface area contributed by atoms with E-state index in [0.29, 0.717) is 12.3 Å². The third kappa shape index (κ3) is 5.03. The molecule has 0 radical (unpaired) electrons. The van der Waals surface area contributed by atoms with Gasteiger partial charge in [0.05, 0.1) is 13.5 Å². The summed E-state index contributed by atoms with van der Waals surface area (Å²) < 4.78 is 4.76. The number of carbonyl (C=O) groups excluding carboxylic acids is 1. The van der Waals surface area contributed by atoms with E-state index in [4.69, 9.17) is 4.74 Å². The highest BCUT2D eigenvalue weighted by molar-refractivity contribution is 5.70. The average Bonchev–Trinajstić information content (AvgIpc) is 2.35. The summed E-state index contributed by atoms with van der Waals surface area (Å²) in [5, 5.41) is 0. The maximum atomic E-state index is 11.5. The molecule has 0 heterocycles. The molecule has 0 N–H and O–H groups in total. The van der Waals surface area contributed by atoms with Crippen LogP contribution in [-0.4, -0.2) is 32.1 Å². The van der Waals surface area contributed by atoms with Crippen LogP contribution in [0.5, 0.6) is 0 Å². The van der Waals surface area contributed by atoms with Crippen LogP contribution in [0.3, 0.4) is 0 Å². The van der Waals surface area contributed by atoms with Gasteiger partial charge < -0.3 is 9.64 Å². The lowest BCUT2D eigenvalue weighted by Crippen LogP contribution is -2.23. The monoisotopic (exact) mass is 263 g/mol. The van der Waals surface area contributed by atoms with Crippen LogP contribution < -0.4 is 0 Å². The van der Waals surface area contributed by atoms with Crippen molar-refractivity contribution in [3.63, 3.8) is 0 Å². The minimum atomic E-state index is -0.176. The molecule has 3 heteroatoms. The summed E-state index contributed by atoms with van der Waals surface area (Å²) in [4.78, 5) is 13.5. The van der Waals surface area contributed by atoms with Crippen molar-refractivity contribution in [2.45, 2.75) is 32.7 Å². The molecule has 0 aliphatic carbocycles. The van der Waals surface area contributed by atoms with Crippen molar-refractivity contribution in [1.82, 2.24) is 4.90 Å². The molecule has 0 aliphatic rings. The number of benzene rings is 1. The van der Waals surface area contributed by atoms with Crippen LogP contribution in [0.25, 0.3) is 0 Å². The van der Waals surface area contributed by atoms with Gasteiger partial charge in [0.25, 0.3) is 0 Å². The molecule has 1 rings (SSSR count). The number of methoxy groups -OCH3 is 1. The summed E-state index contributed by atoms with van der Waals surface area (Å²) in [6, 6.07) is 8.61. The first-order valence-electron chi connectivity index (χ1n) is 6.76. The number of carbonyl (C=O) groups is 1. The van der Waals surface area contributed by atoms with Crippen molar-refractivity contribution in [1.29, 1.82) is 0 Å². The third-order valence-corrected chi connectivity index (χ3v) is 3.22. The van der Waals surface area contributed by atoms with Crippen molar-refractivity contribution in [3.05, 3.63) is 35.4 Å². The largest absolute Gasteiger partial charge is 0.469 e. The highest BCUT2D eigenvalue weighted by atomic mass is 16.5. The van der Waals surface area contributed by atoms with Crippen molar-refractivity contribution in [2.24, 2.45) is 5.92 Å². The van der Waals surface area contributed by atoms with Gasteiger partial charge in [-0.1, -0.05) is 38.1 Å². The second-order valence-electron chi connectivity index (χ2n) is 5.60. The first-order chi connectivity index (χ1) is 8.93. The molecular formula is C16H25NO2. The molecule has 0 saturated heterocycles. The number of hydrogen-bond donors (Lipinski definition) is 0.